The molecule has 6 rings (SSSR count). The third kappa shape index (κ3) is 14.8. The number of hydrogen-bond donors (Lipinski definition) is 6. The minimum atomic E-state index is 0.501. The van der Waals surface area contributed by atoms with E-state index in [4.69, 9.17) is 34.4 Å². The van der Waals surface area contributed by atoms with Crippen molar-refractivity contribution in [3.63, 3.8) is 0 Å². The van der Waals surface area contributed by atoms with Gasteiger partial charge in [0.05, 0.1) is 0 Å². The third-order valence-electron chi connectivity index (χ3n) is 13.3. The van der Waals surface area contributed by atoms with Crippen molar-refractivity contribution in [1.82, 2.24) is 0 Å². The molecule has 6 aliphatic rings. The van der Waals surface area contributed by atoms with Gasteiger partial charge in [-0.15, -0.1) is 0 Å². The zero-order chi connectivity index (χ0) is 32.0. The maximum atomic E-state index is 5.93. The predicted molar refractivity (Wildman–Crippen MR) is 193 cm³/mol. The van der Waals surface area contributed by atoms with Gasteiger partial charge in [0.2, 0.25) is 0 Å². The van der Waals surface area contributed by atoms with Crippen LogP contribution >= 0.6 is 0 Å². The van der Waals surface area contributed by atoms with E-state index in [1.165, 1.54) is 173 Å². The summed E-state index contributed by atoms with van der Waals surface area (Å²) in [5.74, 6) is 5.86. The molecule has 6 heteroatoms. The molecule has 6 saturated carbocycles. The fourth-order valence-corrected chi connectivity index (χ4v) is 9.96. The number of hydrogen-bond acceptors (Lipinski definition) is 6. The molecule has 0 spiro atoms. The summed E-state index contributed by atoms with van der Waals surface area (Å²) in [6, 6.07) is 3.01. The molecule has 0 atom stereocenters. The van der Waals surface area contributed by atoms with Crippen molar-refractivity contribution in [2.24, 2.45) is 69.9 Å². The summed E-state index contributed by atoms with van der Waals surface area (Å²) in [5, 5.41) is 0. The second-order valence-electron chi connectivity index (χ2n) is 17.4. The zero-order valence-corrected chi connectivity index (χ0v) is 29.5. The molecule has 6 fully saturated rings. The normalized spacial score (nSPS) is 42.8. The molecule has 0 bridgehead atoms. The van der Waals surface area contributed by atoms with Crippen molar-refractivity contribution in [1.29, 1.82) is 0 Å². The Balaban J connectivity index is 0.000000154. The van der Waals surface area contributed by atoms with Crippen LogP contribution in [0.2, 0.25) is 0 Å². The van der Waals surface area contributed by atoms with E-state index in [1.54, 1.807) is 0 Å². The zero-order valence-electron chi connectivity index (χ0n) is 29.5. The molecule has 0 aromatic heterocycles. The Morgan fingerprint density at radius 3 is 0.422 bits per heavy atom. The summed E-state index contributed by atoms with van der Waals surface area (Å²) in [5.41, 5.74) is 35.6. The molecule has 0 radical (unpaired) electrons. The maximum Gasteiger partial charge on any atom is 0.00390 e. The summed E-state index contributed by atoms with van der Waals surface area (Å²) in [6.45, 7) is 0. The lowest BCUT2D eigenvalue weighted by Gasteiger charge is -2.32. The van der Waals surface area contributed by atoms with Gasteiger partial charge < -0.3 is 34.4 Å². The van der Waals surface area contributed by atoms with Crippen molar-refractivity contribution in [3.05, 3.63) is 0 Å². The first kappa shape index (κ1) is 37.6. The van der Waals surface area contributed by atoms with E-state index in [1.807, 2.05) is 0 Å². The van der Waals surface area contributed by atoms with Gasteiger partial charge in [0, 0.05) is 36.3 Å². The summed E-state index contributed by atoms with van der Waals surface area (Å²) in [7, 11) is 0. The summed E-state index contributed by atoms with van der Waals surface area (Å²) >= 11 is 0. The van der Waals surface area contributed by atoms with E-state index in [2.05, 4.69) is 0 Å². The first-order valence-electron chi connectivity index (χ1n) is 20.2. The van der Waals surface area contributed by atoms with E-state index in [9.17, 15) is 0 Å². The Morgan fingerprint density at radius 2 is 0.311 bits per heavy atom. The first-order chi connectivity index (χ1) is 21.7. The number of rotatable bonds is 6. The van der Waals surface area contributed by atoms with E-state index >= 15 is 0 Å². The van der Waals surface area contributed by atoms with E-state index in [0.29, 0.717) is 36.3 Å². The third-order valence-corrected chi connectivity index (χ3v) is 13.3. The van der Waals surface area contributed by atoms with Crippen molar-refractivity contribution >= 4 is 0 Å². The molecule has 6 aliphatic carbocycles. The van der Waals surface area contributed by atoms with Crippen LogP contribution in [0.1, 0.15) is 173 Å². The molecule has 45 heavy (non-hydrogen) atoms. The highest BCUT2D eigenvalue weighted by atomic mass is 14.7. The van der Waals surface area contributed by atoms with Crippen LogP contribution in [0.25, 0.3) is 0 Å². The van der Waals surface area contributed by atoms with Crippen LogP contribution in [0, 0.1) is 35.5 Å². The predicted octanol–water partition coefficient (Wildman–Crippen LogP) is 7.23. The van der Waals surface area contributed by atoms with Crippen LogP contribution in [0.15, 0.2) is 0 Å². The molecule has 6 nitrogen and oxygen atoms in total. The van der Waals surface area contributed by atoms with Gasteiger partial charge in [0.25, 0.3) is 0 Å². The second-order valence-corrected chi connectivity index (χ2v) is 17.4. The fraction of sp³-hybridized carbons (Fsp3) is 1.00. The Bertz CT molecular complexity index is 571. The molecule has 12 N–H and O–H groups in total. The molecule has 0 heterocycles. The van der Waals surface area contributed by atoms with Crippen molar-refractivity contribution in [2.75, 3.05) is 0 Å². The topological polar surface area (TPSA) is 156 Å². The summed E-state index contributed by atoms with van der Waals surface area (Å²) < 4.78 is 0. The lowest BCUT2D eigenvalue weighted by atomic mass is 9.76. The lowest BCUT2D eigenvalue weighted by molar-refractivity contribution is 0.225. The van der Waals surface area contributed by atoms with Gasteiger partial charge in [0.15, 0.2) is 0 Å². The average molecular weight is 631 g/mol. The van der Waals surface area contributed by atoms with Gasteiger partial charge in [-0.2, -0.15) is 0 Å². The molecular formula is C39H78N6. The Kier molecular flexibility index (Phi) is 17.0. The van der Waals surface area contributed by atoms with Crippen LogP contribution in [0.3, 0.4) is 0 Å². The van der Waals surface area contributed by atoms with Gasteiger partial charge in [0.1, 0.15) is 0 Å². The molecule has 264 valence electrons. The van der Waals surface area contributed by atoms with Crippen molar-refractivity contribution < 1.29 is 0 Å². The highest BCUT2D eigenvalue weighted by Crippen LogP contribution is 2.37. The summed E-state index contributed by atoms with van der Waals surface area (Å²) in [4.78, 5) is 0. The molecule has 0 aromatic rings. The average Bonchev–Trinajstić information content (AvgIpc) is 3.04. The Labute approximate surface area is 279 Å². The van der Waals surface area contributed by atoms with Gasteiger partial charge in [-0.1, -0.05) is 0 Å². The van der Waals surface area contributed by atoms with E-state index in [0.717, 1.165) is 35.5 Å². The SMILES string of the molecule is NC1CCC(CC2CCC(N)CC2)CC1.NC1CCC(CC2CCC(N)CC2)CC1.NC1CCC(CC2CCC(N)CC2)CC1. The Morgan fingerprint density at radius 1 is 0.200 bits per heavy atom. The van der Waals surface area contributed by atoms with Crippen molar-refractivity contribution in [3.8, 4) is 0 Å². The largest absolute Gasteiger partial charge is 0.328 e. The summed E-state index contributed by atoms with van der Waals surface area (Å²) in [6.07, 6.45) is 36.0. The second kappa shape index (κ2) is 20.3. The standard InChI is InChI=1S/3C13H26N2/c3*14-12-5-1-10(2-6-12)9-11-3-7-13(15)8-4-11/h3*10-13H,1-9,14-15H2. The van der Waals surface area contributed by atoms with E-state index < -0.39 is 0 Å². The number of nitrogens with two attached hydrogens (primary N) is 6. The lowest BCUT2D eigenvalue weighted by Crippen LogP contribution is -2.30. The van der Waals surface area contributed by atoms with Crippen LogP contribution in [0.5, 0.6) is 0 Å². The van der Waals surface area contributed by atoms with Crippen LogP contribution in [-0.4, -0.2) is 36.3 Å². The van der Waals surface area contributed by atoms with Crippen LogP contribution in [-0.2, 0) is 0 Å². The minimum Gasteiger partial charge on any atom is -0.328 e. The van der Waals surface area contributed by atoms with Gasteiger partial charge in [-0.25, -0.2) is 0 Å². The highest BCUT2D eigenvalue weighted by Gasteiger charge is 2.27. The molecule has 0 saturated heterocycles. The molecule has 0 aliphatic heterocycles. The highest BCUT2D eigenvalue weighted by molar-refractivity contribution is 4.82. The quantitative estimate of drug-likeness (QED) is 0.182. The van der Waals surface area contributed by atoms with Crippen LogP contribution < -0.4 is 34.4 Å². The van der Waals surface area contributed by atoms with Gasteiger partial charge in [-0.05, 0) is 209 Å². The Hall–Kier alpha value is -0.240. The van der Waals surface area contributed by atoms with Crippen LogP contribution in [0.4, 0.5) is 0 Å². The van der Waals surface area contributed by atoms with E-state index in [-0.39, 0.29) is 0 Å². The smallest absolute Gasteiger partial charge is 0.00390 e. The monoisotopic (exact) mass is 631 g/mol. The first-order valence-corrected chi connectivity index (χ1v) is 20.2. The van der Waals surface area contributed by atoms with Gasteiger partial charge in [-0.3, -0.25) is 0 Å². The van der Waals surface area contributed by atoms with Gasteiger partial charge >= 0.3 is 0 Å². The van der Waals surface area contributed by atoms with Crippen molar-refractivity contribution in [2.45, 2.75) is 210 Å². The molecule has 0 amide bonds. The fourth-order valence-electron chi connectivity index (χ4n) is 9.96. The molecule has 0 aromatic carbocycles. The molecular weight excluding hydrogens is 552 g/mol. The molecule has 0 unspecified atom stereocenters. The minimum absolute atomic E-state index is 0.501. The maximum absolute atomic E-state index is 5.93.